The van der Waals surface area contributed by atoms with E-state index in [1.165, 1.54) is 0 Å². The van der Waals surface area contributed by atoms with Gasteiger partial charge in [-0.2, -0.15) is 0 Å². The van der Waals surface area contributed by atoms with E-state index in [2.05, 4.69) is 33.9 Å². The summed E-state index contributed by atoms with van der Waals surface area (Å²) in [7, 11) is 4.13. The van der Waals surface area contributed by atoms with Gasteiger partial charge in [-0.05, 0) is 25.7 Å². The normalized spacial score (nSPS) is 24.6. The lowest BCUT2D eigenvalue weighted by Crippen LogP contribution is -2.34. The van der Waals surface area contributed by atoms with E-state index in [9.17, 15) is 0 Å². The van der Waals surface area contributed by atoms with Crippen LogP contribution in [0.3, 0.4) is 0 Å². The predicted molar refractivity (Wildman–Crippen MR) is 86.5 cm³/mol. The third-order valence-electron chi connectivity index (χ3n) is 4.39. The van der Waals surface area contributed by atoms with Crippen molar-refractivity contribution in [3.05, 3.63) is 12.4 Å². The number of rotatable bonds is 6. The summed E-state index contributed by atoms with van der Waals surface area (Å²) in [5, 5.41) is 0. The maximum absolute atomic E-state index is 5.73. The lowest BCUT2D eigenvalue weighted by Gasteiger charge is -2.28. The fourth-order valence-electron chi connectivity index (χ4n) is 3.22. The Balaban J connectivity index is 1.67. The summed E-state index contributed by atoms with van der Waals surface area (Å²) in [6, 6.07) is 0. The fourth-order valence-corrected chi connectivity index (χ4v) is 3.22. The van der Waals surface area contributed by atoms with E-state index in [1.807, 2.05) is 0 Å². The van der Waals surface area contributed by atoms with Crippen molar-refractivity contribution in [1.82, 2.24) is 9.97 Å². The van der Waals surface area contributed by atoms with E-state index >= 15 is 0 Å². The van der Waals surface area contributed by atoms with Crippen LogP contribution in [-0.4, -0.2) is 62.6 Å². The van der Waals surface area contributed by atoms with Gasteiger partial charge in [-0.25, -0.2) is 9.97 Å². The topological polar surface area (TPSA) is 50.7 Å². The van der Waals surface area contributed by atoms with Crippen molar-refractivity contribution >= 4 is 11.6 Å². The van der Waals surface area contributed by atoms with Crippen LogP contribution in [0.5, 0.6) is 0 Å². The molecule has 2 saturated heterocycles. The van der Waals surface area contributed by atoms with Gasteiger partial charge < -0.3 is 19.3 Å². The SMILES string of the molecule is CN(C[C@H]1CCCO1)c1nccnc1N(C)C[C@@H]1CCCO1. The summed E-state index contributed by atoms with van der Waals surface area (Å²) in [6.07, 6.45) is 8.70. The molecule has 0 bridgehead atoms. The summed E-state index contributed by atoms with van der Waals surface area (Å²) in [4.78, 5) is 13.4. The molecule has 1 aromatic rings. The largest absolute Gasteiger partial charge is 0.376 e. The second-order valence-electron chi connectivity index (χ2n) is 6.23. The Morgan fingerprint density at radius 3 is 1.73 bits per heavy atom. The summed E-state index contributed by atoms with van der Waals surface area (Å²) in [5.74, 6) is 1.83. The van der Waals surface area contributed by atoms with Gasteiger partial charge in [0.05, 0.1) is 12.2 Å². The number of anilines is 2. The molecule has 0 amide bonds. The molecule has 0 radical (unpaired) electrons. The molecule has 0 unspecified atom stereocenters. The smallest absolute Gasteiger partial charge is 0.171 e. The zero-order chi connectivity index (χ0) is 15.4. The zero-order valence-corrected chi connectivity index (χ0v) is 13.6. The minimum atomic E-state index is 0.309. The van der Waals surface area contributed by atoms with Crippen molar-refractivity contribution in [3.63, 3.8) is 0 Å². The van der Waals surface area contributed by atoms with E-state index < -0.39 is 0 Å². The van der Waals surface area contributed by atoms with Crippen molar-refractivity contribution in [2.24, 2.45) is 0 Å². The molecule has 0 aliphatic carbocycles. The van der Waals surface area contributed by atoms with E-state index in [0.29, 0.717) is 12.2 Å². The van der Waals surface area contributed by atoms with Crippen molar-refractivity contribution in [1.29, 1.82) is 0 Å². The molecule has 6 heteroatoms. The van der Waals surface area contributed by atoms with Gasteiger partial charge >= 0.3 is 0 Å². The first-order valence-corrected chi connectivity index (χ1v) is 8.20. The van der Waals surface area contributed by atoms with Gasteiger partial charge in [0, 0.05) is 52.8 Å². The Bertz CT molecular complexity index is 430. The maximum atomic E-state index is 5.73. The molecular formula is C16H26N4O2. The second kappa shape index (κ2) is 7.24. The lowest BCUT2D eigenvalue weighted by molar-refractivity contribution is 0.115. The van der Waals surface area contributed by atoms with Crippen LogP contribution in [0.1, 0.15) is 25.7 Å². The van der Waals surface area contributed by atoms with Crippen LogP contribution >= 0.6 is 0 Å². The standard InChI is InChI=1S/C16H26N4O2/c1-19(11-13-5-3-9-21-13)15-16(18-8-7-17-15)20(2)12-14-6-4-10-22-14/h7-8,13-14H,3-6,9-12H2,1-2H3/t13-,14+. The highest BCUT2D eigenvalue weighted by atomic mass is 16.5. The van der Waals surface area contributed by atoms with Crippen molar-refractivity contribution in [2.45, 2.75) is 37.9 Å². The van der Waals surface area contributed by atoms with Gasteiger partial charge in [0.1, 0.15) is 0 Å². The van der Waals surface area contributed by atoms with Gasteiger partial charge in [0.25, 0.3) is 0 Å². The number of hydrogen-bond donors (Lipinski definition) is 0. The summed E-state index contributed by atoms with van der Waals surface area (Å²) >= 11 is 0. The second-order valence-corrected chi connectivity index (χ2v) is 6.23. The number of ether oxygens (including phenoxy) is 2. The van der Waals surface area contributed by atoms with E-state index in [-0.39, 0.29) is 0 Å². The van der Waals surface area contributed by atoms with Crippen molar-refractivity contribution in [3.8, 4) is 0 Å². The first-order chi connectivity index (χ1) is 10.7. The molecule has 2 aliphatic heterocycles. The van der Waals surface area contributed by atoms with E-state index in [4.69, 9.17) is 9.47 Å². The van der Waals surface area contributed by atoms with Gasteiger partial charge in [0.2, 0.25) is 0 Å². The number of hydrogen-bond acceptors (Lipinski definition) is 6. The molecule has 0 aromatic carbocycles. The first-order valence-electron chi connectivity index (χ1n) is 8.20. The van der Waals surface area contributed by atoms with Gasteiger partial charge in [-0.1, -0.05) is 0 Å². The van der Waals surface area contributed by atoms with Crippen LogP contribution in [0.2, 0.25) is 0 Å². The molecule has 3 rings (SSSR count). The molecule has 1 aromatic heterocycles. The van der Waals surface area contributed by atoms with Crippen LogP contribution in [-0.2, 0) is 9.47 Å². The number of aromatic nitrogens is 2. The number of likely N-dealkylation sites (N-methyl/N-ethyl adjacent to an activating group) is 2. The predicted octanol–water partition coefficient (Wildman–Crippen LogP) is 1.71. The van der Waals surface area contributed by atoms with Gasteiger partial charge in [-0.15, -0.1) is 0 Å². The number of nitrogens with zero attached hydrogens (tertiary/aromatic N) is 4. The highest BCUT2D eigenvalue weighted by Gasteiger charge is 2.23. The Labute approximate surface area is 132 Å². The van der Waals surface area contributed by atoms with Crippen LogP contribution in [0, 0.1) is 0 Å². The Hall–Kier alpha value is -1.40. The van der Waals surface area contributed by atoms with Crippen molar-refractivity contribution in [2.75, 3.05) is 50.2 Å². The van der Waals surface area contributed by atoms with Crippen LogP contribution < -0.4 is 9.80 Å². The Morgan fingerprint density at radius 1 is 0.909 bits per heavy atom. The molecule has 2 atom stereocenters. The molecule has 2 fully saturated rings. The van der Waals surface area contributed by atoms with Crippen LogP contribution in [0.4, 0.5) is 11.6 Å². The highest BCUT2D eigenvalue weighted by molar-refractivity contribution is 5.61. The summed E-state index contributed by atoms with van der Waals surface area (Å²) in [6.45, 7) is 3.48. The monoisotopic (exact) mass is 306 g/mol. The zero-order valence-electron chi connectivity index (χ0n) is 13.6. The molecule has 0 spiro atoms. The van der Waals surface area contributed by atoms with E-state index in [1.54, 1.807) is 12.4 Å². The molecule has 0 saturated carbocycles. The minimum Gasteiger partial charge on any atom is -0.376 e. The molecule has 3 heterocycles. The van der Waals surface area contributed by atoms with Gasteiger partial charge in [0.15, 0.2) is 11.6 Å². The van der Waals surface area contributed by atoms with Crippen LogP contribution in [0.25, 0.3) is 0 Å². The molecule has 6 nitrogen and oxygen atoms in total. The quantitative estimate of drug-likeness (QED) is 0.797. The molecular weight excluding hydrogens is 280 g/mol. The summed E-state index contributed by atoms with van der Waals surface area (Å²) in [5.41, 5.74) is 0. The first kappa shape index (κ1) is 15.5. The lowest BCUT2D eigenvalue weighted by atomic mass is 10.2. The van der Waals surface area contributed by atoms with E-state index in [0.717, 1.165) is 63.6 Å². The average molecular weight is 306 g/mol. The van der Waals surface area contributed by atoms with Crippen LogP contribution in [0.15, 0.2) is 12.4 Å². The maximum Gasteiger partial charge on any atom is 0.171 e. The molecule has 122 valence electrons. The van der Waals surface area contributed by atoms with Gasteiger partial charge in [-0.3, -0.25) is 0 Å². The molecule has 0 N–H and O–H groups in total. The highest BCUT2D eigenvalue weighted by Crippen LogP contribution is 2.25. The summed E-state index contributed by atoms with van der Waals surface area (Å²) < 4.78 is 11.5. The average Bonchev–Trinajstić information content (AvgIpc) is 3.21. The fraction of sp³-hybridized carbons (Fsp3) is 0.750. The third kappa shape index (κ3) is 3.67. The third-order valence-corrected chi connectivity index (χ3v) is 4.39. The molecule has 22 heavy (non-hydrogen) atoms. The Morgan fingerprint density at radius 2 is 1.36 bits per heavy atom. The molecule has 2 aliphatic rings. The minimum absolute atomic E-state index is 0.309. The van der Waals surface area contributed by atoms with Crippen molar-refractivity contribution < 1.29 is 9.47 Å². The Kier molecular flexibility index (Phi) is 5.10.